The Morgan fingerprint density at radius 2 is 1.79 bits per heavy atom. The molecule has 1 saturated heterocycles. The molecule has 0 unspecified atom stereocenters. The van der Waals surface area contributed by atoms with Crippen molar-refractivity contribution >= 4 is 51.9 Å². The van der Waals surface area contributed by atoms with Crippen LogP contribution in [0.25, 0.3) is 6.08 Å². The minimum atomic E-state index is -0.291. The number of methoxy groups -OCH3 is 1. The van der Waals surface area contributed by atoms with Crippen LogP contribution < -0.4 is 14.8 Å². The molecule has 6 nitrogen and oxygen atoms in total. The van der Waals surface area contributed by atoms with Crippen molar-refractivity contribution in [1.29, 1.82) is 0 Å². The number of nitrogens with one attached hydrogen (secondary N) is 1. The summed E-state index contributed by atoms with van der Waals surface area (Å²) < 4.78 is 11.3. The third kappa shape index (κ3) is 6.03. The van der Waals surface area contributed by atoms with Gasteiger partial charge in [0, 0.05) is 11.8 Å². The summed E-state index contributed by atoms with van der Waals surface area (Å²) in [5.74, 6) is 0.762. The van der Waals surface area contributed by atoms with Crippen molar-refractivity contribution in [1.82, 2.24) is 4.90 Å². The predicted molar refractivity (Wildman–Crippen MR) is 139 cm³/mol. The van der Waals surface area contributed by atoms with E-state index in [4.69, 9.17) is 21.7 Å². The summed E-state index contributed by atoms with van der Waals surface area (Å²) in [4.78, 5) is 27.3. The van der Waals surface area contributed by atoms with Gasteiger partial charge in [-0.25, -0.2) is 0 Å². The van der Waals surface area contributed by atoms with E-state index in [1.165, 1.54) is 11.8 Å². The molecule has 0 spiro atoms. The fourth-order valence-corrected chi connectivity index (χ4v) is 4.55. The first-order valence-corrected chi connectivity index (χ1v) is 11.7. The molecule has 172 valence electrons. The van der Waals surface area contributed by atoms with Crippen LogP contribution in [0.4, 0.5) is 5.69 Å². The van der Waals surface area contributed by atoms with Crippen molar-refractivity contribution < 1.29 is 19.1 Å². The molecule has 34 heavy (non-hydrogen) atoms. The number of carbonyl (C=O) groups is 2. The maximum atomic E-state index is 12.9. The summed E-state index contributed by atoms with van der Waals surface area (Å²) in [7, 11) is 1.57. The lowest BCUT2D eigenvalue weighted by Gasteiger charge is -2.14. The normalized spacial score (nSPS) is 14.4. The highest BCUT2D eigenvalue weighted by Crippen LogP contribution is 2.34. The molecule has 8 heteroatoms. The molecule has 2 amide bonds. The lowest BCUT2D eigenvalue weighted by Crippen LogP contribution is -2.27. The number of thiocarbonyl (C=S) groups is 1. The van der Waals surface area contributed by atoms with Gasteiger partial charge in [-0.3, -0.25) is 14.5 Å². The standard InChI is InChI=1S/C26H22N2O4S2/c1-31-21-11-6-10-20(15-21)27-24(29)17-32-22-12-5-9-19(13-22)14-23-25(30)28(26(33)34-23)16-18-7-3-2-4-8-18/h2-15H,16-17H2,1H3,(H,27,29)/b23-14-. The molecule has 0 atom stereocenters. The fraction of sp³-hybridized carbons (Fsp3) is 0.115. The summed E-state index contributed by atoms with van der Waals surface area (Å²) in [5.41, 5.74) is 2.42. The lowest BCUT2D eigenvalue weighted by molar-refractivity contribution is -0.122. The van der Waals surface area contributed by atoms with E-state index < -0.39 is 0 Å². The van der Waals surface area contributed by atoms with Gasteiger partial charge in [0.25, 0.3) is 11.8 Å². The van der Waals surface area contributed by atoms with Crippen molar-refractivity contribution in [3.63, 3.8) is 0 Å². The van der Waals surface area contributed by atoms with Gasteiger partial charge in [-0.1, -0.05) is 72.5 Å². The number of rotatable bonds is 8. The number of nitrogens with zero attached hydrogens (tertiary/aromatic N) is 1. The molecule has 1 N–H and O–H groups in total. The highest BCUT2D eigenvalue weighted by molar-refractivity contribution is 8.26. The Balaban J connectivity index is 1.37. The van der Waals surface area contributed by atoms with E-state index in [2.05, 4.69) is 5.32 Å². The van der Waals surface area contributed by atoms with Gasteiger partial charge in [-0.05, 0) is 41.5 Å². The number of hydrogen-bond acceptors (Lipinski definition) is 6. The van der Waals surface area contributed by atoms with Crippen LogP contribution >= 0.6 is 24.0 Å². The number of hydrogen-bond donors (Lipinski definition) is 1. The second-order valence-corrected chi connectivity index (χ2v) is 9.07. The van der Waals surface area contributed by atoms with Crippen LogP contribution in [0.1, 0.15) is 11.1 Å². The molecule has 1 aliphatic heterocycles. The number of ether oxygens (including phenoxy) is 2. The van der Waals surface area contributed by atoms with E-state index in [1.807, 2.05) is 42.5 Å². The van der Waals surface area contributed by atoms with Crippen LogP contribution in [-0.2, 0) is 16.1 Å². The topological polar surface area (TPSA) is 67.9 Å². The first-order chi connectivity index (χ1) is 16.5. The average Bonchev–Trinajstić information content (AvgIpc) is 3.11. The highest BCUT2D eigenvalue weighted by atomic mass is 32.2. The van der Waals surface area contributed by atoms with E-state index in [0.29, 0.717) is 33.0 Å². The van der Waals surface area contributed by atoms with Crippen molar-refractivity contribution in [2.75, 3.05) is 19.0 Å². The van der Waals surface area contributed by atoms with Crippen LogP contribution in [0.2, 0.25) is 0 Å². The second kappa shape index (κ2) is 11.0. The zero-order chi connectivity index (χ0) is 23.9. The molecule has 0 aliphatic carbocycles. The maximum absolute atomic E-state index is 12.9. The summed E-state index contributed by atoms with van der Waals surface area (Å²) >= 11 is 6.70. The molecular formula is C26H22N2O4S2. The number of anilines is 1. The Labute approximate surface area is 207 Å². The number of thioether (sulfide) groups is 1. The monoisotopic (exact) mass is 490 g/mol. The molecule has 0 bridgehead atoms. The quantitative estimate of drug-likeness (QED) is 0.349. The highest BCUT2D eigenvalue weighted by Gasteiger charge is 2.31. The minimum absolute atomic E-state index is 0.122. The Morgan fingerprint density at radius 3 is 2.59 bits per heavy atom. The first kappa shape index (κ1) is 23.5. The maximum Gasteiger partial charge on any atom is 0.266 e. The van der Waals surface area contributed by atoms with E-state index in [9.17, 15) is 9.59 Å². The zero-order valence-corrected chi connectivity index (χ0v) is 20.0. The molecular weight excluding hydrogens is 468 g/mol. The smallest absolute Gasteiger partial charge is 0.266 e. The van der Waals surface area contributed by atoms with Gasteiger partial charge >= 0.3 is 0 Å². The van der Waals surface area contributed by atoms with Crippen LogP contribution in [0.5, 0.6) is 11.5 Å². The summed E-state index contributed by atoms with van der Waals surface area (Å²) in [6, 6.07) is 24.1. The largest absolute Gasteiger partial charge is 0.497 e. The minimum Gasteiger partial charge on any atom is -0.497 e. The molecule has 3 aromatic carbocycles. The molecule has 0 aromatic heterocycles. The van der Waals surface area contributed by atoms with Crippen LogP contribution in [0.3, 0.4) is 0 Å². The molecule has 4 rings (SSSR count). The number of carbonyl (C=O) groups excluding carboxylic acids is 2. The zero-order valence-electron chi connectivity index (χ0n) is 18.4. The van der Waals surface area contributed by atoms with E-state index in [1.54, 1.807) is 54.5 Å². The molecule has 3 aromatic rings. The van der Waals surface area contributed by atoms with Gasteiger partial charge in [-0.2, -0.15) is 0 Å². The summed E-state index contributed by atoms with van der Waals surface area (Å²) in [5, 5.41) is 2.77. The van der Waals surface area contributed by atoms with Crippen molar-refractivity contribution in [2.24, 2.45) is 0 Å². The fourth-order valence-electron chi connectivity index (χ4n) is 3.29. The Bertz CT molecular complexity index is 1240. The predicted octanol–water partition coefficient (Wildman–Crippen LogP) is 5.11. The van der Waals surface area contributed by atoms with Gasteiger partial charge in [-0.15, -0.1) is 0 Å². The van der Waals surface area contributed by atoms with Gasteiger partial charge in [0.05, 0.1) is 18.6 Å². The lowest BCUT2D eigenvalue weighted by atomic mass is 10.2. The van der Waals surface area contributed by atoms with Gasteiger partial charge in [0.1, 0.15) is 15.8 Å². The van der Waals surface area contributed by atoms with Crippen molar-refractivity contribution in [3.05, 3.63) is 94.9 Å². The third-order valence-corrected chi connectivity index (χ3v) is 6.31. The Morgan fingerprint density at radius 1 is 1.03 bits per heavy atom. The van der Waals surface area contributed by atoms with Crippen LogP contribution in [0, 0.1) is 0 Å². The Hall–Kier alpha value is -3.62. The van der Waals surface area contributed by atoms with E-state index >= 15 is 0 Å². The summed E-state index contributed by atoms with van der Waals surface area (Å²) in [6.07, 6.45) is 1.79. The molecule has 1 aliphatic rings. The SMILES string of the molecule is COc1cccc(NC(=O)COc2cccc(/C=C3\SC(=S)N(Cc4ccccc4)C3=O)c2)c1. The van der Waals surface area contributed by atoms with E-state index in [0.717, 1.165) is 11.1 Å². The average molecular weight is 491 g/mol. The van der Waals surface area contributed by atoms with E-state index in [-0.39, 0.29) is 18.4 Å². The molecule has 0 saturated carbocycles. The molecule has 1 fully saturated rings. The first-order valence-electron chi connectivity index (χ1n) is 10.5. The van der Waals surface area contributed by atoms with Crippen LogP contribution in [-0.4, -0.2) is 34.8 Å². The number of amides is 2. The summed E-state index contributed by atoms with van der Waals surface area (Å²) in [6.45, 7) is 0.286. The van der Waals surface area contributed by atoms with Crippen LogP contribution in [0.15, 0.2) is 83.8 Å². The van der Waals surface area contributed by atoms with Gasteiger partial charge < -0.3 is 14.8 Å². The van der Waals surface area contributed by atoms with Crippen molar-refractivity contribution in [3.8, 4) is 11.5 Å². The second-order valence-electron chi connectivity index (χ2n) is 7.39. The third-order valence-electron chi connectivity index (χ3n) is 4.94. The molecule has 1 heterocycles. The Kier molecular flexibility index (Phi) is 7.61. The molecule has 0 radical (unpaired) electrons. The van der Waals surface area contributed by atoms with Gasteiger partial charge in [0.2, 0.25) is 0 Å². The van der Waals surface area contributed by atoms with Gasteiger partial charge in [0.15, 0.2) is 6.61 Å². The number of benzene rings is 3. The van der Waals surface area contributed by atoms with Crippen molar-refractivity contribution in [2.45, 2.75) is 6.54 Å².